The van der Waals surface area contributed by atoms with Gasteiger partial charge in [0.25, 0.3) is 0 Å². The van der Waals surface area contributed by atoms with E-state index < -0.39 is 0 Å². The topological polar surface area (TPSA) is 79.5 Å². The molecule has 1 aromatic carbocycles. The van der Waals surface area contributed by atoms with Gasteiger partial charge in [-0.1, -0.05) is 6.07 Å². The summed E-state index contributed by atoms with van der Waals surface area (Å²) in [6.07, 6.45) is 0. The Kier molecular flexibility index (Phi) is 5.66. The highest BCUT2D eigenvalue weighted by Crippen LogP contribution is 2.16. The predicted octanol–water partition coefficient (Wildman–Crippen LogP) is -0.0307. The zero-order valence-electron chi connectivity index (χ0n) is 10.4. The van der Waals surface area contributed by atoms with Gasteiger partial charge in [-0.15, -0.1) is 0 Å². The summed E-state index contributed by atoms with van der Waals surface area (Å²) < 4.78 is 5.04. The number of nitrogens with one attached hydrogen (secondary N) is 3. The Morgan fingerprint density at radius 2 is 1.94 bits per heavy atom. The first kappa shape index (κ1) is 14.0. The Balaban J connectivity index is 2.37. The van der Waals surface area contributed by atoms with Crippen LogP contribution in [0.5, 0.6) is 5.75 Å². The highest BCUT2D eigenvalue weighted by atomic mass is 16.5. The number of likely N-dealkylation sites (N-methyl/N-ethyl adjacent to an activating group) is 1. The molecule has 0 fully saturated rings. The molecule has 1 aromatic rings. The largest absolute Gasteiger partial charge is 0.497 e. The number of hydrogen-bond acceptors (Lipinski definition) is 4. The molecular formula is C12H17N3O3. The molecule has 0 saturated heterocycles. The van der Waals surface area contributed by atoms with E-state index in [4.69, 9.17) is 4.74 Å². The molecule has 0 bridgehead atoms. The lowest BCUT2D eigenvalue weighted by atomic mass is 10.3. The van der Waals surface area contributed by atoms with E-state index in [1.807, 2.05) is 0 Å². The van der Waals surface area contributed by atoms with Crippen molar-refractivity contribution in [2.75, 3.05) is 32.6 Å². The summed E-state index contributed by atoms with van der Waals surface area (Å²) in [6, 6.07) is 7.06. The van der Waals surface area contributed by atoms with E-state index in [9.17, 15) is 9.59 Å². The molecule has 0 atom stereocenters. The van der Waals surface area contributed by atoms with Crippen molar-refractivity contribution in [1.29, 1.82) is 0 Å². The van der Waals surface area contributed by atoms with Crippen LogP contribution in [0.4, 0.5) is 5.69 Å². The van der Waals surface area contributed by atoms with Crippen LogP contribution < -0.4 is 20.7 Å². The van der Waals surface area contributed by atoms with Gasteiger partial charge in [0.2, 0.25) is 11.8 Å². The van der Waals surface area contributed by atoms with E-state index in [0.717, 1.165) is 0 Å². The van der Waals surface area contributed by atoms with Gasteiger partial charge in [-0.3, -0.25) is 14.9 Å². The van der Waals surface area contributed by atoms with E-state index in [2.05, 4.69) is 16.0 Å². The fourth-order valence-corrected chi connectivity index (χ4v) is 1.28. The summed E-state index contributed by atoms with van der Waals surface area (Å²) in [7, 11) is 3.10. The molecule has 0 aliphatic heterocycles. The van der Waals surface area contributed by atoms with E-state index >= 15 is 0 Å². The van der Waals surface area contributed by atoms with Crippen LogP contribution in [0.3, 0.4) is 0 Å². The van der Waals surface area contributed by atoms with Gasteiger partial charge in [0, 0.05) is 18.8 Å². The summed E-state index contributed by atoms with van der Waals surface area (Å²) in [5.41, 5.74) is 0.654. The maximum atomic E-state index is 11.5. The summed E-state index contributed by atoms with van der Waals surface area (Å²) in [5, 5.41) is 7.88. The minimum Gasteiger partial charge on any atom is -0.497 e. The van der Waals surface area contributed by atoms with Crippen LogP contribution in [-0.2, 0) is 9.59 Å². The maximum absolute atomic E-state index is 11.5. The minimum atomic E-state index is -0.216. The molecule has 6 heteroatoms. The number of methoxy groups -OCH3 is 1. The van der Waals surface area contributed by atoms with Crippen LogP contribution in [0.25, 0.3) is 0 Å². The zero-order valence-corrected chi connectivity index (χ0v) is 10.4. The first-order valence-corrected chi connectivity index (χ1v) is 5.51. The molecule has 0 heterocycles. The Bertz CT molecular complexity index is 421. The van der Waals surface area contributed by atoms with Gasteiger partial charge in [0.15, 0.2) is 0 Å². The van der Waals surface area contributed by atoms with E-state index in [1.165, 1.54) is 0 Å². The van der Waals surface area contributed by atoms with Crippen molar-refractivity contribution in [3.05, 3.63) is 24.3 Å². The number of carbonyl (C=O) groups is 2. The quantitative estimate of drug-likeness (QED) is 0.663. The van der Waals surface area contributed by atoms with Crippen LogP contribution >= 0.6 is 0 Å². The second-order valence-electron chi connectivity index (χ2n) is 3.56. The SMILES string of the molecule is CNC(=O)CNCC(=O)Nc1cccc(OC)c1. The third kappa shape index (κ3) is 4.84. The average Bonchev–Trinajstić information content (AvgIpc) is 2.38. The van der Waals surface area contributed by atoms with Gasteiger partial charge in [-0.25, -0.2) is 0 Å². The second kappa shape index (κ2) is 7.29. The smallest absolute Gasteiger partial charge is 0.238 e. The molecule has 3 N–H and O–H groups in total. The average molecular weight is 251 g/mol. The fraction of sp³-hybridized carbons (Fsp3) is 0.333. The van der Waals surface area contributed by atoms with Crippen molar-refractivity contribution < 1.29 is 14.3 Å². The van der Waals surface area contributed by atoms with Crippen LogP contribution in [-0.4, -0.2) is 39.1 Å². The molecule has 0 aromatic heterocycles. The lowest BCUT2D eigenvalue weighted by Gasteiger charge is -2.07. The van der Waals surface area contributed by atoms with E-state index in [1.54, 1.807) is 38.4 Å². The third-order valence-corrected chi connectivity index (χ3v) is 2.20. The predicted molar refractivity (Wildman–Crippen MR) is 68.6 cm³/mol. The highest BCUT2D eigenvalue weighted by Gasteiger charge is 2.04. The van der Waals surface area contributed by atoms with Gasteiger partial charge >= 0.3 is 0 Å². The molecule has 18 heavy (non-hydrogen) atoms. The highest BCUT2D eigenvalue weighted by molar-refractivity contribution is 5.92. The van der Waals surface area contributed by atoms with Gasteiger partial charge in [0.05, 0.1) is 20.2 Å². The standard InChI is InChI=1S/C12H17N3O3/c1-13-11(16)7-14-8-12(17)15-9-4-3-5-10(6-9)18-2/h3-6,14H,7-8H2,1-2H3,(H,13,16)(H,15,17). The van der Waals surface area contributed by atoms with E-state index in [0.29, 0.717) is 11.4 Å². The van der Waals surface area contributed by atoms with Crippen LogP contribution in [0.15, 0.2) is 24.3 Å². The van der Waals surface area contributed by atoms with Gasteiger partial charge in [0.1, 0.15) is 5.75 Å². The Morgan fingerprint density at radius 1 is 1.22 bits per heavy atom. The Labute approximate surface area is 106 Å². The number of benzene rings is 1. The Morgan fingerprint density at radius 3 is 2.61 bits per heavy atom. The summed E-state index contributed by atoms with van der Waals surface area (Å²) in [5.74, 6) is 0.294. The molecule has 98 valence electrons. The Hall–Kier alpha value is -2.08. The summed E-state index contributed by atoms with van der Waals surface area (Å²) in [4.78, 5) is 22.4. The normalized spacial score (nSPS) is 9.67. The van der Waals surface area contributed by atoms with Crippen LogP contribution in [0, 0.1) is 0 Å². The van der Waals surface area contributed by atoms with Crippen molar-refractivity contribution in [3.8, 4) is 5.75 Å². The molecule has 2 amide bonds. The lowest BCUT2D eigenvalue weighted by Crippen LogP contribution is -2.36. The third-order valence-electron chi connectivity index (χ3n) is 2.20. The fourth-order valence-electron chi connectivity index (χ4n) is 1.28. The number of anilines is 1. The summed E-state index contributed by atoms with van der Waals surface area (Å²) >= 11 is 0. The lowest BCUT2D eigenvalue weighted by molar-refractivity contribution is -0.119. The molecule has 6 nitrogen and oxygen atoms in total. The first-order chi connectivity index (χ1) is 8.65. The molecule has 0 spiro atoms. The maximum Gasteiger partial charge on any atom is 0.238 e. The molecule has 0 unspecified atom stereocenters. The number of ether oxygens (including phenoxy) is 1. The number of hydrogen-bond donors (Lipinski definition) is 3. The van der Waals surface area contributed by atoms with Gasteiger partial charge < -0.3 is 15.4 Å². The van der Waals surface area contributed by atoms with Gasteiger partial charge in [-0.05, 0) is 12.1 Å². The van der Waals surface area contributed by atoms with E-state index in [-0.39, 0.29) is 24.9 Å². The molecule has 0 aliphatic carbocycles. The molecular weight excluding hydrogens is 234 g/mol. The second-order valence-corrected chi connectivity index (χ2v) is 3.56. The van der Waals surface area contributed by atoms with Crippen molar-refractivity contribution in [3.63, 3.8) is 0 Å². The van der Waals surface area contributed by atoms with Crippen LogP contribution in [0.1, 0.15) is 0 Å². The van der Waals surface area contributed by atoms with Crippen LogP contribution in [0.2, 0.25) is 0 Å². The first-order valence-electron chi connectivity index (χ1n) is 5.51. The number of amides is 2. The van der Waals surface area contributed by atoms with Crippen molar-refractivity contribution >= 4 is 17.5 Å². The summed E-state index contributed by atoms with van der Waals surface area (Å²) in [6.45, 7) is 0.187. The molecule has 0 radical (unpaired) electrons. The molecule has 1 rings (SSSR count). The number of carbonyl (C=O) groups excluding carboxylic acids is 2. The zero-order chi connectivity index (χ0) is 13.4. The van der Waals surface area contributed by atoms with Crippen molar-refractivity contribution in [2.45, 2.75) is 0 Å². The minimum absolute atomic E-state index is 0.0740. The van der Waals surface area contributed by atoms with Gasteiger partial charge in [-0.2, -0.15) is 0 Å². The molecule has 0 aliphatic rings. The number of rotatable bonds is 6. The van der Waals surface area contributed by atoms with Crippen molar-refractivity contribution in [2.24, 2.45) is 0 Å². The molecule has 0 saturated carbocycles. The van der Waals surface area contributed by atoms with Crippen molar-refractivity contribution in [1.82, 2.24) is 10.6 Å². The monoisotopic (exact) mass is 251 g/mol.